The number of fused-ring (bicyclic) bond motifs is 3. The van der Waals surface area contributed by atoms with Gasteiger partial charge in [-0.15, -0.1) is 0 Å². The smallest absolute Gasteiger partial charge is 0.258 e. The number of aryl methyl sites for hydroxylation is 1. The van der Waals surface area contributed by atoms with Gasteiger partial charge in [-0.25, -0.2) is 0 Å². The number of carbonyl (C=O) groups excluding carboxylic acids is 1. The summed E-state index contributed by atoms with van der Waals surface area (Å²) in [6, 6.07) is 10.2. The molecule has 2 aliphatic rings. The summed E-state index contributed by atoms with van der Waals surface area (Å²) in [6.07, 6.45) is 5.21. The number of halogens is 1. The summed E-state index contributed by atoms with van der Waals surface area (Å²) in [4.78, 5) is 24.0. The Labute approximate surface area is 187 Å². The first kappa shape index (κ1) is 20.0. The van der Waals surface area contributed by atoms with Crippen LogP contribution in [0.2, 0.25) is 5.02 Å². The average Bonchev–Trinajstić information content (AvgIpc) is 3.07. The molecule has 1 saturated heterocycles. The molecule has 0 radical (unpaired) electrons. The minimum atomic E-state index is 0.00555. The second-order valence-electron chi connectivity index (χ2n) is 8.55. The minimum Gasteiger partial charge on any atom is -0.486 e. The Morgan fingerprint density at radius 1 is 1.16 bits per heavy atom. The Balaban J connectivity index is 1.46. The van der Waals surface area contributed by atoms with Gasteiger partial charge in [-0.3, -0.25) is 14.8 Å². The molecule has 2 bridgehead atoms. The highest BCUT2D eigenvalue weighted by atomic mass is 35.5. The highest BCUT2D eigenvalue weighted by Gasteiger charge is 2.40. The third kappa shape index (κ3) is 3.57. The monoisotopic (exact) mass is 433 g/mol. The first-order valence-corrected chi connectivity index (χ1v) is 11.0. The van der Waals surface area contributed by atoms with Crippen LogP contribution in [0.4, 0.5) is 0 Å². The van der Waals surface area contributed by atoms with Crippen LogP contribution in [0.15, 0.2) is 42.7 Å². The van der Waals surface area contributed by atoms with E-state index in [2.05, 4.69) is 23.0 Å². The summed E-state index contributed by atoms with van der Waals surface area (Å²) >= 11 is 6.69. The molecule has 2 aromatic heterocycles. The zero-order valence-corrected chi connectivity index (χ0v) is 18.6. The van der Waals surface area contributed by atoms with Gasteiger partial charge >= 0.3 is 0 Å². The van der Waals surface area contributed by atoms with Gasteiger partial charge in [0.2, 0.25) is 0 Å². The second kappa shape index (κ2) is 7.65. The van der Waals surface area contributed by atoms with Gasteiger partial charge in [-0.05, 0) is 68.1 Å². The SMILES string of the molecule is Cc1ccc(-c2ccc(Cc3cc4c(c(Cl)c3C)O[C@H]3C[C@H](C)N(C3)C4=O)cn2)cn1. The second-order valence-corrected chi connectivity index (χ2v) is 8.93. The third-order valence-electron chi connectivity index (χ3n) is 6.31. The Kier molecular flexibility index (Phi) is 4.94. The van der Waals surface area contributed by atoms with Crippen LogP contribution in [-0.4, -0.2) is 39.5 Å². The lowest BCUT2D eigenvalue weighted by Crippen LogP contribution is -2.33. The molecule has 0 spiro atoms. The van der Waals surface area contributed by atoms with Crippen LogP contribution in [0.3, 0.4) is 0 Å². The number of aromatic nitrogens is 2. The predicted molar refractivity (Wildman–Crippen MR) is 121 cm³/mol. The molecule has 0 saturated carbocycles. The number of nitrogens with zero attached hydrogens (tertiary/aromatic N) is 3. The van der Waals surface area contributed by atoms with Gasteiger partial charge in [0.25, 0.3) is 5.91 Å². The standard InChI is InChI=1S/C25H24ClN3O2/c1-14-4-6-18(12-27-14)22-7-5-17(11-28-22)9-19-10-21-24(23(26)16(19)3)31-20-8-15(2)29(13-20)25(21)30/h4-7,10-12,15,20H,8-9,13H2,1-3H3/t15-,20-/m0/s1. The zero-order chi connectivity index (χ0) is 21.7. The van der Waals surface area contributed by atoms with E-state index in [9.17, 15) is 4.79 Å². The Morgan fingerprint density at radius 3 is 2.71 bits per heavy atom. The lowest BCUT2D eigenvalue weighted by Gasteiger charge is -2.23. The van der Waals surface area contributed by atoms with E-state index in [0.717, 1.165) is 40.1 Å². The Morgan fingerprint density at radius 2 is 2.00 bits per heavy atom. The van der Waals surface area contributed by atoms with Crippen LogP contribution in [0.5, 0.6) is 5.75 Å². The van der Waals surface area contributed by atoms with E-state index in [0.29, 0.717) is 29.3 Å². The summed E-state index contributed by atoms with van der Waals surface area (Å²) in [5.41, 5.74) is 6.43. The molecule has 0 aliphatic carbocycles. The van der Waals surface area contributed by atoms with Gasteiger partial charge in [0.15, 0.2) is 5.75 Å². The van der Waals surface area contributed by atoms with E-state index in [1.807, 2.05) is 55.4 Å². The van der Waals surface area contributed by atoms with Crippen molar-refractivity contribution in [1.82, 2.24) is 14.9 Å². The molecular formula is C25H24ClN3O2. The number of pyridine rings is 2. The summed E-state index contributed by atoms with van der Waals surface area (Å²) in [6.45, 7) is 6.64. The van der Waals surface area contributed by atoms with Crippen LogP contribution in [-0.2, 0) is 6.42 Å². The molecule has 4 heterocycles. The normalized spacial score (nSPS) is 19.7. The quantitative estimate of drug-likeness (QED) is 0.583. The van der Waals surface area contributed by atoms with Gasteiger partial charge < -0.3 is 9.64 Å². The number of carbonyl (C=O) groups is 1. The fourth-order valence-electron chi connectivity index (χ4n) is 4.45. The fraction of sp³-hybridized carbons (Fsp3) is 0.320. The molecule has 31 heavy (non-hydrogen) atoms. The van der Waals surface area contributed by atoms with Gasteiger partial charge in [0.05, 0.1) is 22.8 Å². The number of hydrogen-bond acceptors (Lipinski definition) is 4. The molecule has 3 aromatic rings. The van der Waals surface area contributed by atoms with E-state index in [-0.39, 0.29) is 18.1 Å². The predicted octanol–water partition coefficient (Wildman–Crippen LogP) is 5.00. The molecule has 1 fully saturated rings. The van der Waals surface area contributed by atoms with Crippen molar-refractivity contribution >= 4 is 17.5 Å². The molecule has 158 valence electrons. The zero-order valence-electron chi connectivity index (χ0n) is 17.9. The number of hydrogen-bond donors (Lipinski definition) is 0. The molecule has 1 aromatic carbocycles. The van der Waals surface area contributed by atoms with E-state index < -0.39 is 0 Å². The van der Waals surface area contributed by atoms with E-state index in [1.165, 1.54) is 0 Å². The lowest BCUT2D eigenvalue weighted by molar-refractivity contribution is 0.0748. The highest BCUT2D eigenvalue weighted by Crippen LogP contribution is 2.41. The highest BCUT2D eigenvalue weighted by molar-refractivity contribution is 6.33. The van der Waals surface area contributed by atoms with Crippen LogP contribution in [0.1, 0.15) is 46.1 Å². The average molecular weight is 434 g/mol. The van der Waals surface area contributed by atoms with E-state index in [4.69, 9.17) is 16.3 Å². The van der Waals surface area contributed by atoms with Gasteiger partial charge in [0, 0.05) is 36.1 Å². The molecule has 6 heteroatoms. The molecule has 2 atom stereocenters. The molecule has 2 aliphatic heterocycles. The van der Waals surface area contributed by atoms with Crippen molar-refractivity contribution in [1.29, 1.82) is 0 Å². The minimum absolute atomic E-state index is 0.00555. The maximum Gasteiger partial charge on any atom is 0.258 e. The third-order valence-corrected chi connectivity index (χ3v) is 6.77. The van der Waals surface area contributed by atoms with Crippen molar-refractivity contribution < 1.29 is 9.53 Å². The first-order chi connectivity index (χ1) is 14.9. The summed E-state index contributed by atoms with van der Waals surface area (Å²) in [5.74, 6) is 0.540. The van der Waals surface area contributed by atoms with Gasteiger partial charge in [-0.2, -0.15) is 0 Å². The van der Waals surface area contributed by atoms with Crippen molar-refractivity contribution in [3.63, 3.8) is 0 Å². The van der Waals surface area contributed by atoms with Crippen LogP contribution in [0.25, 0.3) is 11.3 Å². The molecule has 5 nitrogen and oxygen atoms in total. The van der Waals surface area contributed by atoms with Crippen LogP contribution in [0, 0.1) is 13.8 Å². The number of ether oxygens (including phenoxy) is 1. The summed E-state index contributed by atoms with van der Waals surface area (Å²) in [7, 11) is 0. The Hall–Kier alpha value is -2.92. The molecular weight excluding hydrogens is 410 g/mol. The van der Waals surface area contributed by atoms with E-state index >= 15 is 0 Å². The maximum atomic E-state index is 13.2. The van der Waals surface area contributed by atoms with Crippen molar-refractivity contribution in [3.05, 3.63) is 75.7 Å². The van der Waals surface area contributed by atoms with Crippen molar-refractivity contribution in [2.75, 3.05) is 6.54 Å². The molecule has 0 unspecified atom stereocenters. The van der Waals surface area contributed by atoms with Gasteiger partial charge in [-0.1, -0.05) is 17.7 Å². The fourth-order valence-corrected chi connectivity index (χ4v) is 4.71. The van der Waals surface area contributed by atoms with Crippen LogP contribution < -0.4 is 4.74 Å². The largest absolute Gasteiger partial charge is 0.486 e. The lowest BCUT2D eigenvalue weighted by atomic mass is 9.97. The van der Waals surface area contributed by atoms with Crippen molar-refractivity contribution in [2.45, 2.75) is 45.8 Å². The first-order valence-electron chi connectivity index (χ1n) is 10.6. The maximum absolute atomic E-state index is 13.2. The Bertz CT molecular complexity index is 1160. The molecule has 1 amide bonds. The van der Waals surface area contributed by atoms with Crippen molar-refractivity contribution in [2.24, 2.45) is 0 Å². The van der Waals surface area contributed by atoms with Gasteiger partial charge in [0.1, 0.15) is 6.10 Å². The summed E-state index contributed by atoms with van der Waals surface area (Å²) < 4.78 is 6.17. The van der Waals surface area contributed by atoms with E-state index in [1.54, 1.807) is 0 Å². The van der Waals surface area contributed by atoms with Crippen molar-refractivity contribution in [3.8, 4) is 17.0 Å². The molecule has 5 rings (SSSR count). The number of rotatable bonds is 3. The topological polar surface area (TPSA) is 55.3 Å². The summed E-state index contributed by atoms with van der Waals surface area (Å²) in [5, 5.41) is 0.539. The number of amides is 1. The van der Waals surface area contributed by atoms with Crippen LogP contribution >= 0.6 is 11.6 Å². The molecule has 0 N–H and O–H groups in total. The number of benzene rings is 1.